The third-order valence-corrected chi connectivity index (χ3v) is 6.86. The highest BCUT2D eigenvalue weighted by Gasteiger charge is 2.33. The molecule has 3 nitrogen and oxygen atoms in total. The summed E-state index contributed by atoms with van der Waals surface area (Å²) in [6.45, 7) is 10.2. The van der Waals surface area contributed by atoms with Gasteiger partial charge in [0, 0.05) is 6.04 Å². The van der Waals surface area contributed by atoms with Crippen molar-refractivity contribution in [1.29, 1.82) is 0 Å². The molecule has 0 aliphatic heterocycles. The molecule has 0 fully saturated rings. The summed E-state index contributed by atoms with van der Waals surface area (Å²) < 4.78 is 2.56. The molecule has 0 spiro atoms. The highest BCUT2D eigenvalue weighted by atomic mass is 28.4. The molecular weight excluding hydrogens is 178 g/mol. The zero-order valence-corrected chi connectivity index (χ0v) is 10.9. The number of nitrogens with one attached hydrogen (secondary N) is 2. The van der Waals surface area contributed by atoms with Crippen LogP contribution in [-0.4, -0.2) is 39.8 Å². The van der Waals surface area contributed by atoms with Crippen LogP contribution in [0, 0.1) is 0 Å². The summed E-state index contributed by atoms with van der Waals surface area (Å²) in [7, 11) is 2.52. The van der Waals surface area contributed by atoms with E-state index in [-0.39, 0.29) is 0 Å². The smallest absolute Gasteiger partial charge is 0.280 e. The van der Waals surface area contributed by atoms with Crippen LogP contribution in [0.15, 0.2) is 0 Å². The average molecular weight is 203 g/mol. The number of nitrogens with zero attached hydrogens (tertiary/aromatic N) is 1. The van der Waals surface area contributed by atoms with E-state index in [1.54, 1.807) is 0 Å². The van der Waals surface area contributed by atoms with E-state index in [1.807, 2.05) is 14.1 Å². The quantitative estimate of drug-likeness (QED) is 0.633. The minimum absolute atomic E-state index is 0.654. The maximum absolute atomic E-state index is 3.45. The maximum atomic E-state index is 3.45. The number of rotatable bonds is 6. The minimum atomic E-state index is -1.58. The summed E-state index contributed by atoms with van der Waals surface area (Å²) in [5, 5.41) is 0. The molecule has 0 amide bonds. The van der Waals surface area contributed by atoms with E-state index in [4.69, 9.17) is 0 Å². The van der Waals surface area contributed by atoms with Crippen molar-refractivity contribution in [3.05, 3.63) is 0 Å². The van der Waals surface area contributed by atoms with Gasteiger partial charge >= 0.3 is 0 Å². The Morgan fingerprint density at radius 3 is 1.92 bits per heavy atom. The fraction of sp³-hybridized carbons (Fsp3) is 1.00. The van der Waals surface area contributed by atoms with Crippen molar-refractivity contribution >= 4 is 8.56 Å². The largest absolute Gasteiger partial charge is 0.316 e. The predicted molar refractivity (Wildman–Crippen MR) is 61.9 cm³/mol. The van der Waals surface area contributed by atoms with Crippen molar-refractivity contribution in [2.24, 2.45) is 0 Å². The molecule has 4 heteroatoms. The Kier molecular flexibility index (Phi) is 5.79. The Bertz CT molecular complexity index is 137. The molecular formula is C9H25N3Si. The lowest BCUT2D eigenvalue weighted by Crippen LogP contribution is -2.71. The first kappa shape index (κ1) is 13.1. The fourth-order valence-electron chi connectivity index (χ4n) is 1.70. The van der Waals surface area contributed by atoms with E-state index in [0.717, 1.165) is 6.54 Å². The van der Waals surface area contributed by atoms with Gasteiger partial charge in [0.2, 0.25) is 0 Å². The van der Waals surface area contributed by atoms with Crippen molar-refractivity contribution in [3.63, 3.8) is 0 Å². The van der Waals surface area contributed by atoms with Gasteiger partial charge in [-0.25, -0.2) is 0 Å². The fourth-order valence-corrected chi connectivity index (χ4v) is 4.22. The monoisotopic (exact) mass is 203 g/mol. The Morgan fingerprint density at radius 1 is 1.23 bits per heavy atom. The molecule has 0 aromatic carbocycles. The normalized spacial score (nSPS) is 15.0. The predicted octanol–water partition coefficient (Wildman–Crippen LogP) is 1.11. The third-order valence-electron chi connectivity index (χ3n) is 3.01. The second kappa shape index (κ2) is 5.75. The summed E-state index contributed by atoms with van der Waals surface area (Å²) in [6.07, 6.45) is 1.21. The van der Waals surface area contributed by atoms with Crippen LogP contribution in [0.4, 0.5) is 0 Å². The Morgan fingerprint density at radius 2 is 1.69 bits per heavy atom. The van der Waals surface area contributed by atoms with Gasteiger partial charge in [-0.05, 0) is 33.6 Å². The van der Waals surface area contributed by atoms with Gasteiger partial charge in [0.1, 0.15) is 0 Å². The van der Waals surface area contributed by atoms with Crippen LogP contribution in [-0.2, 0) is 0 Å². The van der Waals surface area contributed by atoms with Crippen LogP contribution >= 0.6 is 0 Å². The molecule has 0 aliphatic rings. The molecule has 0 rings (SSSR count). The highest BCUT2D eigenvalue weighted by molar-refractivity contribution is 6.70. The van der Waals surface area contributed by atoms with Gasteiger partial charge in [-0.1, -0.05) is 20.8 Å². The zero-order chi connectivity index (χ0) is 10.5. The molecule has 0 saturated carbocycles. The lowest BCUT2D eigenvalue weighted by Gasteiger charge is -2.41. The van der Waals surface area contributed by atoms with Gasteiger partial charge in [-0.3, -0.25) is 4.57 Å². The summed E-state index contributed by atoms with van der Waals surface area (Å²) in [5.41, 5.74) is 0. The van der Waals surface area contributed by atoms with E-state index < -0.39 is 8.56 Å². The summed E-state index contributed by atoms with van der Waals surface area (Å²) >= 11 is 0. The van der Waals surface area contributed by atoms with Crippen LogP contribution in [0.25, 0.3) is 0 Å². The van der Waals surface area contributed by atoms with E-state index in [2.05, 4.69) is 41.8 Å². The third kappa shape index (κ3) is 3.05. The maximum Gasteiger partial charge on any atom is 0.280 e. The summed E-state index contributed by atoms with van der Waals surface area (Å²) in [6, 6.07) is 0.654. The van der Waals surface area contributed by atoms with Crippen LogP contribution in [0.2, 0.25) is 6.55 Å². The van der Waals surface area contributed by atoms with E-state index >= 15 is 0 Å². The Hall–Kier alpha value is 0.0969. The van der Waals surface area contributed by atoms with E-state index in [9.17, 15) is 0 Å². The first-order valence-electron chi connectivity index (χ1n) is 5.20. The topological polar surface area (TPSA) is 27.3 Å². The number of hydrogen-bond donors (Lipinski definition) is 2. The van der Waals surface area contributed by atoms with E-state index in [1.165, 1.54) is 6.42 Å². The van der Waals surface area contributed by atoms with Gasteiger partial charge in [0.05, 0.1) is 0 Å². The van der Waals surface area contributed by atoms with Gasteiger partial charge in [-0.15, -0.1) is 0 Å². The lowest BCUT2D eigenvalue weighted by molar-refractivity contribution is 0.325. The Balaban J connectivity index is 4.51. The second-order valence-corrected chi connectivity index (χ2v) is 7.33. The molecule has 80 valence electrons. The molecule has 0 radical (unpaired) electrons. The lowest BCUT2D eigenvalue weighted by atomic mass is 10.3. The van der Waals surface area contributed by atoms with Crippen LogP contribution in [0.5, 0.6) is 0 Å². The number of hydrogen-bond acceptors (Lipinski definition) is 3. The molecule has 2 N–H and O–H groups in total. The molecule has 1 unspecified atom stereocenters. The molecule has 0 aliphatic carbocycles. The first-order valence-corrected chi connectivity index (χ1v) is 7.65. The molecule has 0 aromatic heterocycles. The Labute approximate surface area is 84.1 Å². The van der Waals surface area contributed by atoms with Gasteiger partial charge in [-0.2, -0.15) is 0 Å². The molecule has 0 aromatic rings. The van der Waals surface area contributed by atoms with Crippen LogP contribution < -0.4 is 9.96 Å². The molecule has 0 saturated heterocycles. The summed E-state index contributed by atoms with van der Waals surface area (Å²) in [5.74, 6) is 0. The summed E-state index contributed by atoms with van der Waals surface area (Å²) in [4.78, 5) is 6.90. The van der Waals surface area contributed by atoms with Crippen molar-refractivity contribution in [3.8, 4) is 0 Å². The first-order chi connectivity index (χ1) is 6.05. The molecule has 13 heavy (non-hydrogen) atoms. The standard InChI is InChI=1S/C9H25N3Si/c1-7-9(3)12(8-2)13(6,10-4)11-5/h9-11H,7-8H2,1-6H3. The van der Waals surface area contributed by atoms with E-state index in [0.29, 0.717) is 6.04 Å². The minimum Gasteiger partial charge on any atom is -0.316 e. The van der Waals surface area contributed by atoms with Crippen molar-refractivity contribution in [2.75, 3.05) is 20.6 Å². The van der Waals surface area contributed by atoms with Crippen LogP contribution in [0.3, 0.4) is 0 Å². The molecule has 0 heterocycles. The van der Waals surface area contributed by atoms with Crippen LogP contribution in [0.1, 0.15) is 27.2 Å². The second-order valence-electron chi connectivity index (χ2n) is 3.62. The van der Waals surface area contributed by atoms with Crippen molar-refractivity contribution in [2.45, 2.75) is 39.8 Å². The van der Waals surface area contributed by atoms with Crippen molar-refractivity contribution in [1.82, 2.24) is 14.5 Å². The van der Waals surface area contributed by atoms with Gasteiger partial charge in [0.15, 0.2) is 0 Å². The SMILES string of the molecule is CCC(C)N(CC)[Si](C)(NC)NC. The van der Waals surface area contributed by atoms with Gasteiger partial charge in [0.25, 0.3) is 8.56 Å². The molecule has 1 atom stereocenters. The van der Waals surface area contributed by atoms with Crippen molar-refractivity contribution < 1.29 is 0 Å². The molecule has 0 bridgehead atoms. The average Bonchev–Trinajstić information content (AvgIpc) is 2.18. The van der Waals surface area contributed by atoms with Gasteiger partial charge < -0.3 is 9.96 Å². The zero-order valence-electron chi connectivity index (χ0n) is 9.94. The highest BCUT2D eigenvalue weighted by Crippen LogP contribution is 2.10.